The molecule has 1 unspecified atom stereocenters. The molecule has 0 fully saturated rings. The van der Waals surface area contributed by atoms with E-state index in [1.165, 1.54) is 12.1 Å². The molecular weight excluding hydrogens is 274 g/mol. The Morgan fingerprint density at radius 1 is 1.05 bits per heavy atom. The highest BCUT2D eigenvalue weighted by molar-refractivity contribution is 5.19. The zero-order valence-electron chi connectivity index (χ0n) is 10.1. The van der Waals surface area contributed by atoms with Gasteiger partial charge in [-0.15, -0.1) is 0 Å². The molecule has 1 rings (SSSR count). The topological polar surface area (TPSA) is 24.9 Å². The maximum Gasteiger partial charge on any atom is 0.402 e. The predicted octanol–water partition coefficient (Wildman–Crippen LogP) is 3.39. The summed E-state index contributed by atoms with van der Waals surface area (Å²) >= 11 is 0. The van der Waals surface area contributed by atoms with Crippen LogP contribution in [0.3, 0.4) is 0 Å². The van der Waals surface area contributed by atoms with Crippen molar-refractivity contribution in [2.75, 3.05) is 7.05 Å². The van der Waals surface area contributed by atoms with Crippen molar-refractivity contribution in [1.29, 1.82) is 0 Å². The first-order valence-electron chi connectivity index (χ1n) is 5.30. The Morgan fingerprint density at radius 2 is 1.58 bits per heavy atom. The van der Waals surface area contributed by atoms with Crippen LogP contribution in [-0.2, 0) is 0 Å². The number of aromatic nitrogens is 1. The predicted molar refractivity (Wildman–Crippen MR) is 56.4 cm³/mol. The molecule has 0 spiro atoms. The molecule has 1 aromatic rings. The molecule has 1 N–H and O–H groups in total. The summed E-state index contributed by atoms with van der Waals surface area (Å²) in [5.74, 6) is -3.48. The van der Waals surface area contributed by atoms with Crippen molar-refractivity contribution in [3.05, 3.63) is 29.6 Å². The van der Waals surface area contributed by atoms with Crippen LogP contribution in [0, 0.1) is 12.8 Å². The average Bonchev–Trinajstić information content (AvgIpc) is 2.23. The lowest BCUT2D eigenvalue weighted by atomic mass is 9.92. The molecule has 0 aliphatic carbocycles. The Balaban J connectivity index is 3.21. The first-order valence-corrected chi connectivity index (χ1v) is 5.30. The van der Waals surface area contributed by atoms with Gasteiger partial charge in [0.2, 0.25) is 0 Å². The molecule has 0 aliphatic heterocycles. The number of hydrogen-bond acceptors (Lipinski definition) is 2. The third-order valence-electron chi connectivity index (χ3n) is 2.64. The van der Waals surface area contributed by atoms with E-state index in [4.69, 9.17) is 0 Å². The number of aryl methyl sites for hydroxylation is 1. The van der Waals surface area contributed by atoms with Crippen molar-refractivity contribution >= 4 is 0 Å². The monoisotopic (exact) mass is 286 g/mol. The first-order chi connectivity index (χ1) is 8.57. The van der Waals surface area contributed by atoms with Crippen LogP contribution < -0.4 is 5.32 Å². The van der Waals surface area contributed by atoms with Gasteiger partial charge in [0.15, 0.2) is 5.92 Å². The van der Waals surface area contributed by atoms with E-state index in [-0.39, 0.29) is 5.56 Å². The molecule has 8 heteroatoms. The Bertz CT molecular complexity index is 395. The molecule has 0 bridgehead atoms. The normalized spacial score (nSPS) is 14.8. The van der Waals surface area contributed by atoms with E-state index in [1.807, 2.05) is 0 Å². The number of alkyl halides is 6. The summed E-state index contributed by atoms with van der Waals surface area (Å²) < 4.78 is 75.8. The van der Waals surface area contributed by atoms with Gasteiger partial charge in [0, 0.05) is 11.9 Å². The van der Waals surface area contributed by atoms with E-state index < -0.39 is 24.3 Å². The molecule has 0 saturated carbocycles. The SMILES string of the molecule is CNC(c1ccc(C)nc1)C(C(F)(F)F)C(F)(F)F. The molecule has 0 aliphatic rings. The van der Waals surface area contributed by atoms with E-state index in [0.29, 0.717) is 5.69 Å². The number of halogens is 6. The van der Waals surface area contributed by atoms with Gasteiger partial charge in [-0.25, -0.2) is 0 Å². The molecule has 19 heavy (non-hydrogen) atoms. The lowest BCUT2D eigenvalue weighted by molar-refractivity contribution is -0.292. The van der Waals surface area contributed by atoms with Crippen molar-refractivity contribution < 1.29 is 26.3 Å². The van der Waals surface area contributed by atoms with E-state index in [2.05, 4.69) is 10.3 Å². The summed E-state index contributed by atoms with van der Waals surface area (Å²) in [7, 11) is 1.05. The van der Waals surface area contributed by atoms with E-state index >= 15 is 0 Å². The maximum absolute atomic E-state index is 12.6. The van der Waals surface area contributed by atoms with E-state index in [0.717, 1.165) is 13.2 Å². The third kappa shape index (κ3) is 3.82. The highest BCUT2D eigenvalue weighted by Crippen LogP contribution is 2.46. The number of rotatable bonds is 3. The molecule has 0 amide bonds. The molecular formula is C11H12F6N2. The molecule has 0 aromatic carbocycles. The molecule has 1 heterocycles. The van der Waals surface area contributed by atoms with Gasteiger partial charge in [0.1, 0.15) is 0 Å². The van der Waals surface area contributed by atoms with Crippen LogP contribution in [0.5, 0.6) is 0 Å². The van der Waals surface area contributed by atoms with Gasteiger partial charge >= 0.3 is 12.4 Å². The quantitative estimate of drug-likeness (QED) is 0.861. The smallest absolute Gasteiger partial charge is 0.312 e. The van der Waals surface area contributed by atoms with Crippen molar-refractivity contribution in [2.24, 2.45) is 5.92 Å². The fraction of sp³-hybridized carbons (Fsp3) is 0.545. The standard InChI is InChI=1S/C11H12F6N2/c1-6-3-4-7(5-19-6)8(18-2)9(10(12,13)14)11(15,16)17/h3-5,8-9,18H,1-2H3. The highest BCUT2D eigenvalue weighted by Gasteiger charge is 2.60. The number of nitrogens with zero attached hydrogens (tertiary/aromatic N) is 1. The highest BCUT2D eigenvalue weighted by atomic mass is 19.4. The molecule has 108 valence electrons. The number of hydrogen-bond donors (Lipinski definition) is 1. The number of nitrogens with one attached hydrogen (secondary N) is 1. The summed E-state index contributed by atoms with van der Waals surface area (Å²) in [6, 6.07) is 0.644. The first kappa shape index (κ1) is 15.7. The Hall–Kier alpha value is -1.31. The van der Waals surface area contributed by atoms with E-state index in [1.54, 1.807) is 6.92 Å². The van der Waals surface area contributed by atoms with Crippen LogP contribution >= 0.6 is 0 Å². The van der Waals surface area contributed by atoms with Crippen molar-refractivity contribution in [3.8, 4) is 0 Å². The summed E-state index contributed by atoms with van der Waals surface area (Å²) in [6.07, 6.45) is -9.77. The van der Waals surface area contributed by atoms with Gasteiger partial charge in [0.05, 0.1) is 6.04 Å². The minimum absolute atomic E-state index is 0.159. The fourth-order valence-corrected chi connectivity index (χ4v) is 1.75. The lowest BCUT2D eigenvalue weighted by Crippen LogP contribution is -2.45. The largest absolute Gasteiger partial charge is 0.402 e. The van der Waals surface area contributed by atoms with Crippen LogP contribution in [0.15, 0.2) is 18.3 Å². The Kier molecular flexibility index (Phi) is 4.44. The fourth-order valence-electron chi connectivity index (χ4n) is 1.75. The van der Waals surface area contributed by atoms with Crippen molar-refractivity contribution in [2.45, 2.75) is 25.3 Å². The summed E-state index contributed by atoms with van der Waals surface area (Å²) in [5.41, 5.74) is 0.349. The second-order valence-electron chi connectivity index (χ2n) is 4.06. The van der Waals surface area contributed by atoms with Crippen LogP contribution in [0.2, 0.25) is 0 Å². The summed E-state index contributed by atoms with van der Waals surface area (Å²) in [6.45, 7) is 1.59. The zero-order chi connectivity index (χ0) is 14.8. The summed E-state index contributed by atoms with van der Waals surface area (Å²) in [4.78, 5) is 3.72. The lowest BCUT2D eigenvalue weighted by Gasteiger charge is -2.30. The van der Waals surface area contributed by atoms with Gasteiger partial charge in [-0.3, -0.25) is 4.98 Å². The van der Waals surface area contributed by atoms with Gasteiger partial charge in [-0.1, -0.05) is 6.07 Å². The van der Waals surface area contributed by atoms with Crippen molar-refractivity contribution in [3.63, 3.8) is 0 Å². The van der Waals surface area contributed by atoms with E-state index in [9.17, 15) is 26.3 Å². The van der Waals surface area contributed by atoms with Crippen LogP contribution in [-0.4, -0.2) is 24.4 Å². The van der Waals surface area contributed by atoms with Gasteiger partial charge in [0.25, 0.3) is 0 Å². The molecule has 1 aromatic heterocycles. The molecule has 1 atom stereocenters. The van der Waals surface area contributed by atoms with Crippen LogP contribution in [0.4, 0.5) is 26.3 Å². The second-order valence-corrected chi connectivity index (χ2v) is 4.06. The van der Waals surface area contributed by atoms with Gasteiger partial charge in [-0.05, 0) is 25.6 Å². The Labute approximate surface area is 105 Å². The minimum Gasteiger partial charge on any atom is -0.312 e. The van der Waals surface area contributed by atoms with Crippen LogP contribution in [0.25, 0.3) is 0 Å². The van der Waals surface area contributed by atoms with Gasteiger partial charge < -0.3 is 5.32 Å². The minimum atomic E-state index is -5.39. The molecule has 0 saturated heterocycles. The maximum atomic E-state index is 12.6. The summed E-state index contributed by atoms with van der Waals surface area (Å²) in [5, 5.41) is 2.07. The second kappa shape index (κ2) is 5.36. The zero-order valence-corrected chi connectivity index (χ0v) is 10.1. The molecule has 0 radical (unpaired) electrons. The molecule has 2 nitrogen and oxygen atoms in total. The van der Waals surface area contributed by atoms with Crippen molar-refractivity contribution in [1.82, 2.24) is 10.3 Å². The Morgan fingerprint density at radius 3 is 1.89 bits per heavy atom. The average molecular weight is 286 g/mol. The third-order valence-corrected chi connectivity index (χ3v) is 2.64. The van der Waals surface area contributed by atoms with Gasteiger partial charge in [-0.2, -0.15) is 26.3 Å². The van der Waals surface area contributed by atoms with Crippen LogP contribution in [0.1, 0.15) is 17.3 Å². The number of pyridine rings is 1.